The van der Waals surface area contributed by atoms with E-state index >= 15 is 0 Å². The minimum Gasteiger partial charge on any atom is -0.477 e. The fourth-order valence-electron chi connectivity index (χ4n) is 4.40. The highest BCUT2D eigenvalue weighted by Crippen LogP contribution is 2.34. The van der Waals surface area contributed by atoms with Crippen molar-refractivity contribution in [2.75, 3.05) is 6.26 Å². The normalized spacial score (nSPS) is 18.8. The van der Waals surface area contributed by atoms with Crippen LogP contribution in [0.15, 0.2) is 46.1 Å². The van der Waals surface area contributed by atoms with E-state index in [2.05, 4.69) is 4.98 Å². The van der Waals surface area contributed by atoms with E-state index in [0.717, 1.165) is 6.26 Å². The van der Waals surface area contributed by atoms with Crippen LogP contribution in [0.5, 0.6) is 0 Å². The van der Waals surface area contributed by atoms with Crippen LogP contribution in [0, 0.1) is 6.92 Å². The van der Waals surface area contributed by atoms with Crippen LogP contribution in [0.1, 0.15) is 52.6 Å². The van der Waals surface area contributed by atoms with Gasteiger partial charge in [-0.15, -0.1) is 0 Å². The van der Waals surface area contributed by atoms with E-state index in [-0.39, 0.29) is 28.6 Å². The number of nitrogens with zero attached hydrogens (tertiary/aromatic N) is 2. The number of hydrogen-bond donors (Lipinski definition) is 2. The van der Waals surface area contributed by atoms with Crippen molar-refractivity contribution in [1.82, 2.24) is 9.55 Å². The zero-order valence-electron chi connectivity index (χ0n) is 17.8. The van der Waals surface area contributed by atoms with Gasteiger partial charge in [0.05, 0.1) is 16.4 Å². The van der Waals surface area contributed by atoms with Crippen LogP contribution >= 0.6 is 0 Å². The first-order valence-corrected chi connectivity index (χ1v) is 12.2. The zero-order chi connectivity index (χ0) is 23.2. The van der Waals surface area contributed by atoms with E-state index in [4.69, 9.17) is 0 Å². The lowest BCUT2D eigenvalue weighted by molar-refractivity contribution is 0.0679. The van der Waals surface area contributed by atoms with Crippen molar-refractivity contribution in [3.8, 4) is 0 Å². The van der Waals surface area contributed by atoms with Crippen molar-refractivity contribution in [2.45, 2.75) is 49.6 Å². The summed E-state index contributed by atoms with van der Waals surface area (Å²) >= 11 is 0. The molecule has 4 rings (SSSR count). The number of carboxylic acid groups (broad SMARTS) is 1. The molecule has 1 aliphatic carbocycles. The standard InChI is InChI=1S/C23H24N2O6S/c1-13-3-10-18-21(27)19(11-14-4-8-17(9-5-14)32(2,30)31)20(23(28)29)25(22(18)24-13)15-6-7-16(26)12-15/h3-5,8-10,15-16,26H,6-7,11-12H2,1-2H3,(H,28,29)/t15-,16-/m1/s1. The van der Waals surface area contributed by atoms with Gasteiger partial charge in [-0.3, -0.25) is 4.79 Å². The highest BCUT2D eigenvalue weighted by molar-refractivity contribution is 7.90. The van der Waals surface area contributed by atoms with Gasteiger partial charge in [0.2, 0.25) is 0 Å². The summed E-state index contributed by atoms with van der Waals surface area (Å²) in [7, 11) is -3.37. The number of rotatable bonds is 5. The van der Waals surface area contributed by atoms with Crippen LogP contribution in [0.3, 0.4) is 0 Å². The van der Waals surface area contributed by atoms with Crippen LogP contribution in [0.2, 0.25) is 0 Å². The molecular weight excluding hydrogens is 432 g/mol. The number of pyridine rings is 2. The highest BCUT2D eigenvalue weighted by Gasteiger charge is 2.31. The smallest absolute Gasteiger partial charge is 0.353 e. The molecule has 2 atom stereocenters. The number of aryl methyl sites for hydroxylation is 1. The molecule has 2 aromatic heterocycles. The molecule has 168 valence electrons. The third kappa shape index (κ3) is 4.05. The van der Waals surface area contributed by atoms with Gasteiger partial charge in [0.15, 0.2) is 15.3 Å². The monoisotopic (exact) mass is 456 g/mol. The minimum atomic E-state index is -3.37. The SMILES string of the molecule is Cc1ccc2c(=O)c(Cc3ccc(S(C)(=O)=O)cc3)c(C(=O)O)n([C@@H]3CC[C@@H](O)C3)c2n1. The molecule has 0 unspecified atom stereocenters. The molecule has 2 heterocycles. The number of aromatic nitrogens is 2. The Bertz CT molecular complexity index is 1380. The zero-order valence-corrected chi connectivity index (χ0v) is 18.6. The second-order valence-electron chi connectivity index (χ2n) is 8.37. The van der Waals surface area contributed by atoms with Crippen molar-refractivity contribution < 1.29 is 23.4 Å². The summed E-state index contributed by atoms with van der Waals surface area (Å²) in [6.07, 6.45) is 2.12. The Labute approximate surface area is 185 Å². The van der Waals surface area contributed by atoms with E-state index in [0.29, 0.717) is 41.6 Å². The highest BCUT2D eigenvalue weighted by atomic mass is 32.2. The lowest BCUT2D eigenvalue weighted by Crippen LogP contribution is -2.27. The van der Waals surface area contributed by atoms with Gasteiger partial charge >= 0.3 is 5.97 Å². The summed E-state index contributed by atoms with van der Waals surface area (Å²) in [5.74, 6) is -1.24. The lowest BCUT2D eigenvalue weighted by Gasteiger charge is -2.23. The number of carboxylic acids is 1. The maximum atomic E-state index is 13.4. The Hall–Kier alpha value is -3.04. The first-order valence-electron chi connectivity index (χ1n) is 10.3. The van der Waals surface area contributed by atoms with Gasteiger partial charge in [0, 0.05) is 30.0 Å². The summed E-state index contributed by atoms with van der Waals surface area (Å²) in [6, 6.07) is 9.14. The van der Waals surface area contributed by atoms with E-state index in [1.807, 2.05) is 0 Å². The molecule has 1 aliphatic rings. The number of hydrogen-bond acceptors (Lipinski definition) is 6. The van der Waals surface area contributed by atoms with Gasteiger partial charge in [0.1, 0.15) is 11.3 Å². The Morgan fingerprint density at radius 3 is 2.41 bits per heavy atom. The summed E-state index contributed by atoms with van der Waals surface area (Å²) in [6.45, 7) is 1.77. The van der Waals surface area contributed by atoms with Crippen molar-refractivity contribution in [3.05, 3.63) is 69.1 Å². The maximum Gasteiger partial charge on any atom is 0.353 e. The van der Waals surface area contributed by atoms with E-state index in [1.165, 1.54) is 12.1 Å². The van der Waals surface area contributed by atoms with Crippen LogP contribution in [0.4, 0.5) is 0 Å². The molecule has 8 nitrogen and oxygen atoms in total. The second-order valence-corrected chi connectivity index (χ2v) is 10.4. The molecule has 3 aromatic rings. The van der Waals surface area contributed by atoms with Gasteiger partial charge in [-0.2, -0.15) is 0 Å². The molecule has 1 fully saturated rings. The number of aromatic carboxylic acids is 1. The topological polar surface area (TPSA) is 127 Å². The number of benzene rings is 1. The largest absolute Gasteiger partial charge is 0.477 e. The molecule has 1 aromatic carbocycles. The van der Waals surface area contributed by atoms with Gasteiger partial charge in [0.25, 0.3) is 0 Å². The van der Waals surface area contributed by atoms with Crippen LogP contribution in [0.25, 0.3) is 11.0 Å². The minimum absolute atomic E-state index is 0.0313. The Kier molecular flexibility index (Phi) is 5.64. The number of carbonyl (C=O) groups is 1. The Morgan fingerprint density at radius 2 is 1.84 bits per heavy atom. The molecule has 32 heavy (non-hydrogen) atoms. The average molecular weight is 457 g/mol. The number of aliphatic hydroxyl groups is 1. The molecule has 0 bridgehead atoms. The lowest BCUT2D eigenvalue weighted by atomic mass is 9.99. The quantitative estimate of drug-likeness (QED) is 0.604. The van der Waals surface area contributed by atoms with E-state index in [9.17, 15) is 28.2 Å². The van der Waals surface area contributed by atoms with E-state index in [1.54, 1.807) is 35.8 Å². The summed E-state index contributed by atoms with van der Waals surface area (Å²) in [4.78, 5) is 30.4. The Morgan fingerprint density at radius 1 is 1.16 bits per heavy atom. The van der Waals surface area contributed by atoms with Crippen molar-refractivity contribution in [3.63, 3.8) is 0 Å². The number of fused-ring (bicyclic) bond motifs is 1. The van der Waals surface area contributed by atoms with E-state index < -0.39 is 27.3 Å². The summed E-state index contributed by atoms with van der Waals surface area (Å²) < 4.78 is 25.1. The summed E-state index contributed by atoms with van der Waals surface area (Å²) in [5.41, 5.74) is 1.16. The molecular formula is C23H24N2O6S. The van der Waals surface area contributed by atoms with Gasteiger partial charge in [-0.25, -0.2) is 18.2 Å². The van der Waals surface area contributed by atoms with Crippen molar-refractivity contribution >= 4 is 26.8 Å². The molecule has 0 aliphatic heterocycles. The second kappa shape index (κ2) is 8.14. The molecule has 0 amide bonds. The third-order valence-corrected chi connectivity index (χ3v) is 7.09. The third-order valence-electron chi connectivity index (χ3n) is 5.97. The van der Waals surface area contributed by atoms with Crippen molar-refractivity contribution in [1.29, 1.82) is 0 Å². The van der Waals surface area contributed by atoms with Crippen LogP contribution in [-0.4, -0.2) is 46.5 Å². The van der Waals surface area contributed by atoms with Crippen LogP contribution in [-0.2, 0) is 16.3 Å². The van der Waals surface area contributed by atoms with Gasteiger partial charge < -0.3 is 14.8 Å². The summed E-state index contributed by atoms with van der Waals surface area (Å²) in [5, 5.41) is 20.5. The Balaban J connectivity index is 1.95. The molecule has 1 saturated carbocycles. The van der Waals surface area contributed by atoms with Crippen LogP contribution < -0.4 is 5.43 Å². The molecule has 9 heteroatoms. The molecule has 0 spiro atoms. The number of aliphatic hydroxyl groups excluding tert-OH is 1. The average Bonchev–Trinajstić information content (AvgIpc) is 3.15. The van der Waals surface area contributed by atoms with Gasteiger partial charge in [-0.05, 0) is 56.0 Å². The van der Waals surface area contributed by atoms with Crippen molar-refractivity contribution in [2.24, 2.45) is 0 Å². The molecule has 0 saturated heterocycles. The first kappa shape index (κ1) is 22.2. The fourth-order valence-corrected chi connectivity index (χ4v) is 5.04. The number of sulfone groups is 1. The predicted molar refractivity (Wildman–Crippen MR) is 119 cm³/mol. The van der Waals surface area contributed by atoms with Gasteiger partial charge in [-0.1, -0.05) is 12.1 Å². The first-order chi connectivity index (χ1) is 15.1. The maximum absolute atomic E-state index is 13.4. The molecule has 2 N–H and O–H groups in total. The molecule has 0 radical (unpaired) electrons. The predicted octanol–water partition coefficient (Wildman–Crippen LogP) is 2.48. The fraction of sp³-hybridized carbons (Fsp3) is 0.348.